The molecule has 0 aliphatic rings. The highest BCUT2D eigenvalue weighted by Crippen LogP contribution is 1.99. The number of nitrogens with two attached hydrogens (primary N) is 1. The number of nitrogens with zero attached hydrogens (tertiary/aromatic N) is 2. The highest BCUT2D eigenvalue weighted by molar-refractivity contribution is 5.35. The molecule has 0 saturated heterocycles. The van der Waals surface area contributed by atoms with E-state index in [-0.39, 0.29) is 0 Å². The fourth-order valence-electron chi connectivity index (χ4n) is 0.666. The van der Waals surface area contributed by atoms with Crippen LogP contribution in [0, 0.1) is 0 Å². The molecule has 0 aliphatic heterocycles. The lowest BCUT2D eigenvalue weighted by Crippen LogP contribution is -2.04. The van der Waals surface area contributed by atoms with Crippen LogP contribution in [-0.2, 0) is 0 Å². The Labute approximate surface area is 79.6 Å². The zero-order chi connectivity index (χ0) is 10.1. The molecule has 0 unspecified atom stereocenters. The van der Waals surface area contributed by atoms with Crippen LogP contribution in [0.1, 0.15) is 27.2 Å². The Bertz CT molecular complexity index is 207. The lowest BCUT2D eigenvalue weighted by molar-refractivity contribution is 0.953. The van der Waals surface area contributed by atoms with Gasteiger partial charge in [-0.2, -0.15) is 0 Å². The van der Waals surface area contributed by atoms with Gasteiger partial charge in [0, 0.05) is 6.54 Å². The van der Waals surface area contributed by atoms with Crippen molar-refractivity contribution >= 4 is 11.6 Å². The number of anilines is 2. The maximum absolute atomic E-state index is 5.40. The van der Waals surface area contributed by atoms with E-state index in [2.05, 4.69) is 22.2 Å². The van der Waals surface area contributed by atoms with Crippen LogP contribution in [0.25, 0.3) is 0 Å². The standard InChI is InChI=1S/C7H12N4.C2H6/c1-2-3-9-7-10-4-6(8)5-11-7;1-2/h4-5H,2-3,8H2,1H3,(H,9,10,11);1-2H3. The van der Waals surface area contributed by atoms with Crippen molar-refractivity contribution in [2.24, 2.45) is 0 Å². The van der Waals surface area contributed by atoms with Crippen molar-refractivity contribution < 1.29 is 0 Å². The van der Waals surface area contributed by atoms with Crippen LogP contribution in [0.3, 0.4) is 0 Å². The second-order valence-electron chi connectivity index (χ2n) is 2.27. The molecule has 0 radical (unpaired) electrons. The smallest absolute Gasteiger partial charge is 0.222 e. The van der Waals surface area contributed by atoms with Crippen LogP contribution in [0.15, 0.2) is 12.4 Å². The molecular formula is C9H18N4. The summed E-state index contributed by atoms with van der Waals surface area (Å²) in [5.41, 5.74) is 5.99. The Morgan fingerprint density at radius 1 is 1.31 bits per heavy atom. The minimum absolute atomic E-state index is 0.590. The molecule has 0 aliphatic carbocycles. The van der Waals surface area contributed by atoms with Crippen molar-refractivity contribution in [3.63, 3.8) is 0 Å². The van der Waals surface area contributed by atoms with Crippen LogP contribution in [0.5, 0.6) is 0 Å². The third kappa shape index (κ3) is 5.00. The van der Waals surface area contributed by atoms with Gasteiger partial charge in [0.25, 0.3) is 0 Å². The van der Waals surface area contributed by atoms with Crippen molar-refractivity contribution in [2.45, 2.75) is 27.2 Å². The number of aromatic nitrogens is 2. The molecule has 13 heavy (non-hydrogen) atoms. The van der Waals surface area contributed by atoms with Gasteiger partial charge in [-0.15, -0.1) is 0 Å². The van der Waals surface area contributed by atoms with Gasteiger partial charge >= 0.3 is 0 Å². The fourth-order valence-corrected chi connectivity index (χ4v) is 0.666. The van der Waals surface area contributed by atoms with Gasteiger partial charge in [-0.3, -0.25) is 0 Å². The van der Waals surface area contributed by atoms with Gasteiger partial charge in [-0.25, -0.2) is 9.97 Å². The first kappa shape index (κ1) is 11.7. The van der Waals surface area contributed by atoms with E-state index in [0.29, 0.717) is 11.6 Å². The minimum Gasteiger partial charge on any atom is -0.396 e. The molecule has 1 aromatic rings. The molecule has 74 valence electrons. The number of nitrogens with one attached hydrogen (secondary N) is 1. The molecule has 0 saturated carbocycles. The Balaban J connectivity index is 0.000000671. The van der Waals surface area contributed by atoms with Crippen molar-refractivity contribution in [1.29, 1.82) is 0 Å². The summed E-state index contributed by atoms with van der Waals surface area (Å²) in [7, 11) is 0. The van der Waals surface area contributed by atoms with Crippen molar-refractivity contribution in [3.05, 3.63) is 12.4 Å². The summed E-state index contributed by atoms with van der Waals surface area (Å²) in [6.45, 7) is 6.98. The minimum atomic E-state index is 0.590. The maximum Gasteiger partial charge on any atom is 0.222 e. The van der Waals surface area contributed by atoms with E-state index in [1.54, 1.807) is 12.4 Å². The topological polar surface area (TPSA) is 63.8 Å². The number of nitrogen functional groups attached to an aromatic ring is 1. The van der Waals surface area contributed by atoms with Crippen LogP contribution < -0.4 is 11.1 Å². The van der Waals surface area contributed by atoms with Gasteiger partial charge in [0.2, 0.25) is 5.95 Å². The highest BCUT2D eigenvalue weighted by Gasteiger charge is 1.91. The van der Waals surface area contributed by atoms with E-state index < -0.39 is 0 Å². The molecule has 0 aromatic carbocycles. The van der Waals surface area contributed by atoms with Crippen molar-refractivity contribution in [1.82, 2.24) is 9.97 Å². The summed E-state index contributed by atoms with van der Waals surface area (Å²) < 4.78 is 0. The quantitative estimate of drug-likeness (QED) is 0.749. The molecule has 1 rings (SSSR count). The Morgan fingerprint density at radius 2 is 1.85 bits per heavy atom. The molecule has 0 fully saturated rings. The van der Waals surface area contributed by atoms with Gasteiger partial charge < -0.3 is 11.1 Å². The molecule has 0 bridgehead atoms. The molecule has 4 heteroatoms. The lowest BCUT2D eigenvalue weighted by atomic mass is 10.5. The molecule has 1 heterocycles. The van der Waals surface area contributed by atoms with E-state index >= 15 is 0 Å². The summed E-state index contributed by atoms with van der Waals surface area (Å²) in [6, 6.07) is 0. The SMILES string of the molecule is CC.CCCNc1ncc(N)cn1. The highest BCUT2D eigenvalue weighted by atomic mass is 15.1. The molecule has 4 nitrogen and oxygen atoms in total. The predicted octanol–water partition coefficient (Wildman–Crippen LogP) is 1.91. The fraction of sp³-hybridized carbons (Fsp3) is 0.556. The molecular weight excluding hydrogens is 164 g/mol. The Hall–Kier alpha value is -1.32. The number of rotatable bonds is 3. The summed E-state index contributed by atoms with van der Waals surface area (Å²) in [4.78, 5) is 7.94. The average molecular weight is 182 g/mol. The van der Waals surface area contributed by atoms with E-state index in [1.165, 1.54) is 0 Å². The summed E-state index contributed by atoms with van der Waals surface area (Å²) in [5, 5.41) is 3.04. The number of hydrogen-bond acceptors (Lipinski definition) is 4. The zero-order valence-electron chi connectivity index (χ0n) is 8.54. The van der Waals surface area contributed by atoms with Gasteiger partial charge in [-0.05, 0) is 6.42 Å². The Kier molecular flexibility index (Phi) is 6.59. The van der Waals surface area contributed by atoms with Gasteiger partial charge in [0.05, 0.1) is 18.1 Å². The molecule has 0 atom stereocenters. The van der Waals surface area contributed by atoms with E-state index in [9.17, 15) is 0 Å². The third-order valence-corrected chi connectivity index (χ3v) is 1.20. The van der Waals surface area contributed by atoms with Crippen molar-refractivity contribution in [2.75, 3.05) is 17.6 Å². The first-order chi connectivity index (χ1) is 6.33. The molecule has 3 N–H and O–H groups in total. The van der Waals surface area contributed by atoms with Crippen LogP contribution in [-0.4, -0.2) is 16.5 Å². The van der Waals surface area contributed by atoms with Crippen LogP contribution >= 0.6 is 0 Å². The summed E-state index contributed by atoms with van der Waals surface area (Å²) in [5.74, 6) is 0.640. The van der Waals surface area contributed by atoms with Crippen LogP contribution in [0.4, 0.5) is 11.6 Å². The molecule has 0 spiro atoms. The normalized spacial score (nSPS) is 8.54. The summed E-state index contributed by atoms with van der Waals surface area (Å²) in [6.07, 6.45) is 4.24. The second-order valence-corrected chi connectivity index (χ2v) is 2.27. The number of hydrogen-bond donors (Lipinski definition) is 2. The van der Waals surface area contributed by atoms with Gasteiger partial charge in [0.15, 0.2) is 0 Å². The average Bonchev–Trinajstić information content (AvgIpc) is 2.20. The summed E-state index contributed by atoms with van der Waals surface area (Å²) >= 11 is 0. The van der Waals surface area contributed by atoms with E-state index in [4.69, 9.17) is 5.73 Å². The maximum atomic E-state index is 5.40. The predicted molar refractivity (Wildman–Crippen MR) is 56.6 cm³/mol. The largest absolute Gasteiger partial charge is 0.396 e. The first-order valence-electron chi connectivity index (χ1n) is 4.64. The zero-order valence-corrected chi connectivity index (χ0v) is 8.54. The first-order valence-corrected chi connectivity index (χ1v) is 4.64. The van der Waals surface area contributed by atoms with Gasteiger partial charge in [-0.1, -0.05) is 20.8 Å². The van der Waals surface area contributed by atoms with Crippen LogP contribution in [0.2, 0.25) is 0 Å². The molecule has 1 aromatic heterocycles. The van der Waals surface area contributed by atoms with Gasteiger partial charge in [0.1, 0.15) is 0 Å². The third-order valence-electron chi connectivity index (χ3n) is 1.20. The second kappa shape index (κ2) is 7.34. The monoisotopic (exact) mass is 182 g/mol. The Morgan fingerprint density at radius 3 is 2.31 bits per heavy atom. The lowest BCUT2D eigenvalue weighted by Gasteiger charge is -2.00. The molecule has 0 amide bonds. The van der Waals surface area contributed by atoms with E-state index in [0.717, 1.165) is 13.0 Å². The van der Waals surface area contributed by atoms with Crippen molar-refractivity contribution in [3.8, 4) is 0 Å². The van der Waals surface area contributed by atoms with E-state index in [1.807, 2.05) is 13.8 Å².